The lowest BCUT2D eigenvalue weighted by atomic mass is 9.97. The van der Waals surface area contributed by atoms with Gasteiger partial charge >= 0.3 is 0 Å². The van der Waals surface area contributed by atoms with Crippen LogP contribution in [0, 0.1) is 0 Å². The molecule has 1 aromatic heterocycles. The Kier molecular flexibility index (Phi) is 3.65. The molecule has 0 aliphatic heterocycles. The molecule has 0 spiro atoms. The zero-order valence-electron chi connectivity index (χ0n) is 13.9. The van der Waals surface area contributed by atoms with Crippen LogP contribution in [0.25, 0.3) is 44.2 Å². The van der Waals surface area contributed by atoms with Crippen LogP contribution in [0.2, 0.25) is 0 Å². The molecule has 1 heterocycles. The number of benzene rings is 4. The SMILES string of the molecule is Brc1cc(-c2ccccc2)ccc1-c1cccc2oc3ccccc3c12. The Bertz CT molecular complexity index is 1240. The number of furan rings is 1. The van der Waals surface area contributed by atoms with Crippen molar-refractivity contribution in [2.24, 2.45) is 0 Å². The zero-order chi connectivity index (χ0) is 17.5. The molecule has 0 aliphatic rings. The largest absolute Gasteiger partial charge is 0.456 e. The fourth-order valence-corrected chi connectivity index (χ4v) is 4.14. The van der Waals surface area contributed by atoms with E-state index in [0.29, 0.717) is 0 Å². The molecule has 0 fully saturated rings. The van der Waals surface area contributed by atoms with Crippen LogP contribution in [-0.4, -0.2) is 0 Å². The molecule has 124 valence electrons. The van der Waals surface area contributed by atoms with Crippen molar-refractivity contribution in [2.75, 3.05) is 0 Å². The second-order valence-electron chi connectivity index (χ2n) is 6.34. The minimum Gasteiger partial charge on any atom is -0.456 e. The van der Waals surface area contributed by atoms with Crippen LogP contribution in [-0.2, 0) is 0 Å². The average Bonchev–Trinajstić information content (AvgIpc) is 3.07. The molecule has 2 heteroatoms. The van der Waals surface area contributed by atoms with Crippen molar-refractivity contribution in [2.45, 2.75) is 0 Å². The molecular formula is C24H15BrO. The molecule has 4 aromatic carbocycles. The summed E-state index contributed by atoms with van der Waals surface area (Å²) in [5, 5.41) is 2.31. The van der Waals surface area contributed by atoms with Gasteiger partial charge in [-0.3, -0.25) is 0 Å². The quantitative estimate of drug-likeness (QED) is 0.297. The van der Waals surface area contributed by atoms with Gasteiger partial charge in [0, 0.05) is 15.2 Å². The second-order valence-corrected chi connectivity index (χ2v) is 7.19. The summed E-state index contributed by atoms with van der Waals surface area (Å²) < 4.78 is 7.11. The number of hydrogen-bond donors (Lipinski definition) is 0. The summed E-state index contributed by atoms with van der Waals surface area (Å²) in [4.78, 5) is 0. The molecular weight excluding hydrogens is 384 g/mol. The van der Waals surface area contributed by atoms with Gasteiger partial charge in [0.15, 0.2) is 0 Å². The maximum atomic E-state index is 6.03. The van der Waals surface area contributed by atoms with Crippen molar-refractivity contribution in [1.29, 1.82) is 0 Å². The second kappa shape index (κ2) is 6.15. The molecule has 0 amide bonds. The topological polar surface area (TPSA) is 13.1 Å². The van der Waals surface area contributed by atoms with Gasteiger partial charge in [0.2, 0.25) is 0 Å². The Labute approximate surface area is 160 Å². The molecule has 0 saturated carbocycles. The Morgan fingerprint density at radius 1 is 0.577 bits per heavy atom. The Morgan fingerprint density at radius 3 is 2.19 bits per heavy atom. The molecule has 0 radical (unpaired) electrons. The Balaban J connectivity index is 1.73. The molecule has 0 N–H and O–H groups in total. The van der Waals surface area contributed by atoms with Gasteiger partial charge in [-0.2, -0.15) is 0 Å². The van der Waals surface area contributed by atoms with E-state index in [1.54, 1.807) is 0 Å². The highest BCUT2D eigenvalue weighted by Crippen LogP contribution is 2.40. The molecule has 0 bridgehead atoms. The zero-order valence-corrected chi connectivity index (χ0v) is 15.5. The van der Waals surface area contributed by atoms with E-state index in [1.165, 1.54) is 22.3 Å². The number of hydrogen-bond acceptors (Lipinski definition) is 1. The highest BCUT2D eigenvalue weighted by molar-refractivity contribution is 9.10. The minimum atomic E-state index is 0.919. The number of halogens is 1. The van der Waals surface area contributed by atoms with Crippen molar-refractivity contribution in [3.8, 4) is 22.3 Å². The van der Waals surface area contributed by atoms with Gasteiger partial charge < -0.3 is 4.42 Å². The first-order valence-electron chi connectivity index (χ1n) is 8.57. The van der Waals surface area contributed by atoms with E-state index in [0.717, 1.165) is 26.4 Å². The third-order valence-corrected chi connectivity index (χ3v) is 5.43. The van der Waals surface area contributed by atoms with Crippen molar-refractivity contribution in [3.63, 3.8) is 0 Å². The van der Waals surface area contributed by atoms with E-state index >= 15 is 0 Å². The van der Waals surface area contributed by atoms with Crippen LogP contribution in [0.15, 0.2) is 99.9 Å². The monoisotopic (exact) mass is 398 g/mol. The molecule has 1 nitrogen and oxygen atoms in total. The summed E-state index contributed by atoms with van der Waals surface area (Å²) in [6, 6.07) is 31.4. The van der Waals surface area contributed by atoms with E-state index in [1.807, 2.05) is 24.3 Å². The third kappa shape index (κ3) is 2.46. The first kappa shape index (κ1) is 15.4. The molecule has 0 aliphatic carbocycles. The molecule has 26 heavy (non-hydrogen) atoms. The first-order chi connectivity index (χ1) is 12.8. The van der Waals surface area contributed by atoms with E-state index in [2.05, 4.69) is 82.7 Å². The summed E-state index contributed by atoms with van der Waals surface area (Å²) in [6.07, 6.45) is 0. The van der Waals surface area contributed by atoms with E-state index in [9.17, 15) is 0 Å². The number of para-hydroxylation sites is 1. The maximum Gasteiger partial charge on any atom is 0.136 e. The van der Waals surface area contributed by atoms with Crippen LogP contribution in [0.5, 0.6) is 0 Å². The Hall–Kier alpha value is -2.84. The average molecular weight is 399 g/mol. The van der Waals surface area contributed by atoms with Crippen molar-refractivity contribution >= 4 is 37.9 Å². The lowest BCUT2D eigenvalue weighted by molar-refractivity contribution is 0.669. The molecule has 5 rings (SSSR count). The van der Waals surface area contributed by atoms with E-state index in [4.69, 9.17) is 4.42 Å². The lowest BCUT2D eigenvalue weighted by Crippen LogP contribution is -1.84. The molecule has 0 atom stereocenters. The third-order valence-electron chi connectivity index (χ3n) is 4.77. The van der Waals surface area contributed by atoms with Crippen LogP contribution in [0.3, 0.4) is 0 Å². The van der Waals surface area contributed by atoms with Gasteiger partial charge in [0.1, 0.15) is 11.2 Å². The summed E-state index contributed by atoms with van der Waals surface area (Å²) in [7, 11) is 0. The molecule has 5 aromatic rings. The predicted molar refractivity (Wildman–Crippen MR) is 112 cm³/mol. The van der Waals surface area contributed by atoms with Crippen LogP contribution in [0.1, 0.15) is 0 Å². The van der Waals surface area contributed by atoms with Gasteiger partial charge in [-0.15, -0.1) is 0 Å². The van der Waals surface area contributed by atoms with Crippen LogP contribution in [0.4, 0.5) is 0 Å². The molecule has 0 unspecified atom stereocenters. The summed E-state index contributed by atoms with van der Waals surface area (Å²) in [6.45, 7) is 0. The van der Waals surface area contributed by atoms with E-state index < -0.39 is 0 Å². The van der Waals surface area contributed by atoms with Crippen molar-refractivity contribution in [1.82, 2.24) is 0 Å². The predicted octanol–water partition coefficient (Wildman–Crippen LogP) is 7.68. The fourth-order valence-electron chi connectivity index (χ4n) is 3.54. The fraction of sp³-hybridized carbons (Fsp3) is 0. The first-order valence-corrected chi connectivity index (χ1v) is 9.36. The standard InChI is InChI=1S/C24H15BrO/c25-21-15-17(16-7-2-1-3-8-16)13-14-18(21)19-10-6-12-23-24(19)20-9-4-5-11-22(20)26-23/h1-15H. The maximum absolute atomic E-state index is 6.03. The number of fused-ring (bicyclic) bond motifs is 3. The summed E-state index contributed by atoms with van der Waals surface area (Å²) >= 11 is 3.79. The summed E-state index contributed by atoms with van der Waals surface area (Å²) in [5.41, 5.74) is 6.60. The molecule has 0 saturated heterocycles. The van der Waals surface area contributed by atoms with Crippen LogP contribution < -0.4 is 0 Å². The summed E-state index contributed by atoms with van der Waals surface area (Å²) in [5.74, 6) is 0. The normalized spacial score (nSPS) is 11.3. The highest BCUT2D eigenvalue weighted by atomic mass is 79.9. The van der Waals surface area contributed by atoms with Gasteiger partial charge in [0.05, 0.1) is 0 Å². The highest BCUT2D eigenvalue weighted by Gasteiger charge is 2.14. The van der Waals surface area contributed by atoms with Crippen molar-refractivity contribution < 1.29 is 4.42 Å². The minimum absolute atomic E-state index is 0.919. The van der Waals surface area contributed by atoms with Gasteiger partial charge in [-0.1, -0.05) is 88.7 Å². The lowest BCUT2D eigenvalue weighted by Gasteiger charge is -2.09. The van der Waals surface area contributed by atoms with Gasteiger partial charge in [0.25, 0.3) is 0 Å². The van der Waals surface area contributed by atoms with Gasteiger partial charge in [-0.05, 0) is 40.5 Å². The smallest absolute Gasteiger partial charge is 0.136 e. The Morgan fingerprint density at radius 2 is 1.35 bits per heavy atom. The van der Waals surface area contributed by atoms with E-state index in [-0.39, 0.29) is 0 Å². The van der Waals surface area contributed by atoms with Gasteiger partial charge in [-0.25, -0.2) is 0 Å². The van der Waals surface area contributed by atoms with Crippen molar-refractivity contribution in [3.05, 3.63) is 95.5 Å². The number of rotatable bonds is 2. The van der Waals surface area contributed by atoms with Crippen LogP contribution >= 0.6 is 15.9 Å².